The van der Waals surface area contributed by atoms with E-state index >= 15 is 0 Å². The summed E-state index contributed by atoms with van der Waals surface area (Å²) in [7, 11) is 0. The van der Waals surface area contributed by atoms with Crippen LogP contribution in [0.1, 0.15) is 101 Å². The highest BCUT2D eigenvalue weighted by atomic mass is 16.5. The first-order chi connectivity index (χ1) is 14.3. The van der Waals surface area contributed by atoms with Crippen LogP contribution in [-0.2, 0) is 4.79 Å². The molecular formula is C27H35NO3. The maximum atomic E-state index is 12.6. The summed E-state index contributed by atoms with van der Waals surface area (Å²) in [6.45, 7) is 16.1. The van der Waals surface area contributed by atoms with E-state index in [9.17, 15) is 9.59 Å². The lowest BCUT2D eigenvalue weighted by Crippen LogP contribution is -2.31. The number of benzene rings is 2. The van der Waals surface area contributed by atoms with Crippen molar-refractivity contribution in [3.63, 3.8) is 0 Å². The molecular weight excluding hydrogens is 386 g/mol. The Hall–Kier alpha value is -2.62. The van der Waals surface area contributed by atoms with Crippen LogP contribution in [0.4, 0.5) is 5.69 Å². The van der Waals surface area contributed by atoms with E-state index in [4.69, 9.17) is 4.74 Å². The lowest BCUT2D eigenvalue weighted by atomic mass is 9.80. The summed E-state index contributed by atoms with van der Waals surface area (Å²) in [6, 6.07) is 12.3. The number of rotatable bonds is 5. The summed E-state index contributed by atoms with van der Waals surface area (Å²) < 4.78 is 6.34. The average molecular weight is 422 g/mol. The van der Waals surface area contributed by atoms with E-state index < -0.39 is 5.60 Å². The van der Waals surface area contributed by atoms with Crippen molar-refractivity contribution in [3.05, 3.63) is 58.7 Å². The molecule has 166 valence electrons. The molecule has 0 saturated carbocycles. The number of carbonyl (C=O) groups is 2. The van der Waals surface area contributed by atoms with E-state index in [2.05, 4.69) is 57.3 Å². The number of hydrogen-bond acceptors (Lipinski definition) is 3. The summed E-state index contributed by atoms with van der Waals surface area (Å²) in [5.41, 5.74) is 3.90. The molecule has 1 atom stereocenters. The first-order valence-corrected chi connectivity index (χ1v) is 11.1. The van der Waals surface area contributed by atoms with Gasteiger partial charge in [-0.05, 0) is 55.4 Å². The SMILES string of the molecule is CC(=O)c1cc(NC(=O)CC(C)(C)C)cc2c1OC(C)(C)C2c1ccc(C(C)C)cc1. The molecule has 1 heterocycles. The number of ether oxygens (including phenoxy) is 1. The van der Waals surface area contributed by atoms with Crippen molar-refractivity contribution >= 4 is 17.4 Å². The molecule has 31 heavy (non-hydrogen) atoms. The molecule has 4 nitrogen and oxygen atoms in total. The second-order valence-corrected chi connectivity index (χ2v) is 10.7. The second-order valence-electron chi connectivity index (χ2n) is 10.7. The zero-order valence-corrected chi connectivity index (χ0v) is 20.1. The number of hydrogen-bond donors (Lipinski definition) is 1. The van der Waals surface area contributed by atoms with Crippen LogP contribution in [0.2, 0.25) is 0 Å². The minimum atomic E-state index is -0.514. The fourth-order valence-corrected chi connectivity index (χ4v) is 4.35. The zero-order chi connectivity index (χ0) is 23.1. The summed E-state index contributed by atoms with van der Waals surface area (Å²) >= 11 is 0. The Morgan fingerprint density at radius 3 is 2.23 bits per heavy atom. The molecule has 2 aromatic rings. The molecule has 1 aliphatic rings. The van der Waals surface area contributed by atoms with Crippen LogP contribution in [0.3, 0.4) is 0 Å². The van der Waals surface area contributed by atoms with Crippen molar-refractivity contribution in [1.82, 2.24) is 0 Å². The van der Waals surface area contributed by atoms with Crippen LogP contribution in [0.15, 0.2) is 36.4 Å². The van der Waals surface area contributed by atoms with Gasteiger partial charge in [-0.25, -0.2) is 0 Å². The van der Waals surface area contributed by atoms with E-state index in [1.807, 2.05) is 26.8 Å². The highest BCUT2D eigenvalue weighted by Gasteiger charge is 2.44. The highest BCUT2D eigenvalue weighted by Crippen LogP contribution is 2.51. The molecule has 1 amide bonds. The quantitative estimate of drug-likeness (QED) is 0.547. The van der Waals surface area contributed by atoms with Crippen molar-refractivity contribution in [2.75, 3.05) is 5.32 Å². The zero-order valence-electron chi connectivity index (χ0n) is 20.1. The lowest BCUT2D eigenvalue weighted by molar-refractivity contribution is -0.117. The minimum Gasteiger partial charge on any atom is -0.486 e. The van der Waals surface area contributed by atoms with Gasteiger partial charge in [0, 0.05) is 17.7 Å². The van der Waals surface area contributed by atoms with E-state index in [0.29, 0.717) is 29.3 Å². The minimum absolute atomic E-state index is 0.0405. The third-order valence-corrected chi connectivity index (χ3v) is 5.78. The Morgan fingerprint density at radius 2 is 1.71 bits per heavy atom. The topological polar surface area (TPSA) is 55.4 Å². The Morgan fingerprint density at radius 1 is 1.10 bits per heavy atom. The molecule has 0 saturated heterocycles. The molecule has 0 aromatic heterocycles. The van der Waals surface area contributed by atoms with Gasteiger partial charge in [-0.15, -0.1) is 0 Å². The van der Waals surface area contributed by atoms with Crippen LogP contribution in [0.25, 0.3) is 0 Å². The lowest BCUT2D eigenvalue weighted by Gasteiger charge is -2.27. The van der Waals surface area contributed by atoms with Crippen molar-refractivity contribution in [2.45, 2.75) is 79.2 Å². The van der Waals surface area contributed by atoms with Crippen molar-refractivity contribution in [1.29, 1.82) is 0 Å². The summed E-state index contributed by atoms with van der Waals surface area (Å²) in [5.74, 6) is 0.918. The van der Waals surface area contributed by atoms with Gasteiger partial charge in [0.1, 0.15) is 11.4 Å². The molecule has 3 rings (SSSR count). The molecule has 0 radical (unpaired) electrons. The van der Waals surface area contributed by atoms with Gasteiger partial charge < -0.3 is 10.1 Å². The van der Waals surface area contributed by atoms with Crippen molar-refractivity contribution in [3.8, 4) is 5.75 Å². The van der Waals surface area contributed by atoms with Gasteiger partial charge in [0.2, 0.25) is 5.91 Å². The van der Waals surface area contributed by atoms with Crippen molar-refractivity contribution < 1.29 is 14.3 Å². The number of ketones is 1. The summed E-state index contributed by atoms with van der Waals surface area (Å²) in [6.07, 6.45) is 0.404. The van der Waals surface area contributed by atoms with Crippen LogP contribution in [0.5, 0.6) is 5.75 Å². The molecule has 1 N–H and O–H groups in total. The van der Waals surface area contributed by atoms with Gasteiger partial charge in [0.25, 0.3) is 0 Å². The van der Waals surface area contributed by atoms with Gasteiger partial charge in [0.15, 0.2) is 5.78 Å². The predicted molar refractivity (Wildman–Crippen MR) is 126 cm³/mol. The Balaban J connectivity index is 2.07. The monoisotopic (exact) mass is 421 g/mol. The number of fused-ring (bicyclic) bond motifs is 1. The number of carbonyl (C=O) groups excluding carboxylic acids is 2. The fraction of sp³-hybridized carbons (Fsp3) is 0.481. The Kier molecular flexibility index (Phi) is 6.05. The predicted octanol–water partition coefficient (Wildman–Crippen LogP) is 6.69. The number of Topliss-reactive ketones (excluding diaryl/α,β-unsaturated/α-hetero) is 1. The largest absolute Gasteiger partial charge is 0.486 e. The van der Waals surface area contributed by atoms with E-state index in [0.717, 1.165) is 11.1 Å². The molecule has 0 spiro atoms. The third kappa shape index (κ3) is 5.00. The highest BCUT2D eigenvalue weighted by molar-refractivity contribution is 6.00. The van der Waals surface area contributed by atoms with Crippen molar-refractivity contribution in [2.24, 2.45) is 5.41 Å². The smallest absolute Gasteiger partial charge is 0.224 e. The van der Waals surface area contributed by atoms with E-state index in [1.54, 1.807) is 6.07 Å². The molecule has 2 aromatic carbocycles. The standard InChI is InChI=1S/C27H35NO3/c1-16(2)18-9-11-19(12-10-18)24-22-14-20(28-23(30)15-26(4,5)6)13-21(17(3)29)25(22)31-27(24,7)8/h9-14,16,24H,15H2,1-8H3,(H,28,30). The molecule has 0 bridgehead atoms. The average Bonchev–Trinajstić information content (AvgIpc) is 2.89. The van der Waals surface area contributed by atoms with Gasteiger partial charge in [0.05, 0.1) is 11.5 Å². The van der Waals surface area contributed by atoms with Crippen LogP contribution < -0.4 is 10.1 Å². The van der Waals surface area contributed by atoms with Gasteiger partial charge in [-0.1, -0.05) is 58.9 Å². The van der Waals surface area contributed by atoms with Crippen LogP contribution in [-0.4, -0.2) is 17.3 Å². The Labute approximate surface area is 186 Å². The molecule has 0 aliphatic carbocycles. The maximum absolute atomic E-state index is 12.6. The van der Waals surface area contributed by atoms with E-state index in [-0.39, 0.29) is 23.0 Å². The second kappa shape index (κ2) is 8.14. The van der Waals surface area contributed by atoms with Gasteiger partial charge >= 0.3 is 0 Å². The van der Waals surface area contributed by atoms with Gasteiger partial charge in [-0.2, -0.15) is 0 Å². The summed E-state index contributed by atoms with van der Waals surface area (Å²) in [5, 5.41) is 3.00. The van der Waals surface area contributed by atoms with Crippen LogP contribution >= 0.6 is 0 Å². The van der Waals surface area contributed by atoms with Crippen LogP contribution in [0, 0.1) is 5.41 Å². The van der Waals surface area contributed by atoms with E-state index in [1.165, 1.54) is 12.5 Å². The fourth-order valence-electron chi connectivity index (χ4n) is 4.35. The molecule has 0 fully saturated rings. The Bertz CT molecular complexity index is 994. The van der Waals surface area contributed by atoms with Gasteiger partial charge in [-0.3, -0.25) is 9.59 Å². The third-order valence-electron chi connectivity index (χ3n) is 5.78. The summed E-state index contributed by atoms with van der Waals surface area (Å²) in [4.78, 5) is 25.0. The maximum Gasteiger partial charge on any atom is 0.224 e. The molecule has 1 aliphatic heterocycles. The number of nitrogens with one attached hydrogen (secondary N) is 1. The number of anilines is 1. The number of amides is 1. The first kappa shape index (κ1) is 23.1. The first-order valence-electron chi connectivity index (χ1n) is 11.1. The molecule has 1 unspecified atom stereocenters. The molecule has 4 heteroatoms. The normalized spacial score (nSPS) is 17.3.